The zero-order valence-electron chi connectivity index (χ0n) is 11.7. The molecule has 1 N–H and O–H groups in total. The Bertz CT molecular complexity index is 512. The summed E-state index contributed by atoms with van der Waals surface area (Å²) in [6, 6.07) is 21.0. The highest BCUT2D eigenvalue weighted by molar-refractivity contribution is 7.88. The predicted octanol–water partition coefficient (Wildman–Crippen LogP) is 3.15. The summed E-state index contributed by atoms with van der Waals surface area (Å²) in [5.41, 5.74) is 0. The minimum absolute atomic E-state index is 0.245. The van der Waals surface area contributed by atoms with Crippen LogP contribution in [0.1, 0.15) is 12.8 Å². The van der Waals surface area contributed by atoms with Gasteiger partial charge in [0.25, 0.3) is 0 Å². The molecule has 0 amide bonds. The molecule has 0 radical (unpaired) electrons. The van der Waals surface area contributed by atoms with Crippen LogP contribution in [0, 0.1) is 0 Å². The molecule has 0 aromatic heterocycles. The summed E-state index contributed by atoms with van der Waals surface area (Å²) < 4.78 is 0. The Morgan fingerprint density at radius 1 is 0.950 bits per heavy atom. The van der Waals surface area contributed by atoms with Crippen molar-refractivity contribution in [2.75, 3.05) is 12.8 Å². The van der Waals surface area contributed by atoms with Crippen LogP contribution in [0.25, 0.3) is 0 Å². The minimum atomic E-state index is -1.49. The van der Waals surface area contributed by atoms with Crippen LogP contribution in [-0.2, 0) is 4.79 Å². The summed E-state index contributed by atoms with van der Waals surface area (Å²) in [5.74, 6) is -0.710. The van der Waals surface area contributed by atoms with Crippen LogP contribution in [0.3, 0.4) is 0 Å². The van der Waals surface area contributed by atoms with Gasteiger partial charge >= 0.3 is 5.97 Å². The Morgan fingerprint density at radius 3 is 1.80 bits per heavy atom. The first-order valence-electron chi connectivity index (χ1n) is 6.81. The molecule has 2 aromatic rings. The standard InChI is InChI=1S/C17H19O2P/c1-20(14-8-13-17(18)19,15-9-4-2-5-10-15)16-11-6-3-7-12-16/h2-7,9-12H,8,13-14H2,1H3/p+1. The van der Waals surface area contributed by atoms with Gasteiger partial charge in [-0.05, 0) is 30.7 Å². The molecule has 0 saturated heterocycles. The maximum Gasteiger partial charge on any atom is 0.303 e. The molecule has 2 aromatic carbocycles. The SMILES string of the molecule is C[P+](CCCC(=O)O)(c1ccccc1)c1ccccc1. The van der Waals surface area contributed by atoms with E-state index < -0.39 is 13.2 Å². The van der Waals surface area contributed by atoms with Crippen molar-refractivity contribution in [3.05, 3.63) is 60.7 Å². The van der Waals surface area contributed by atoms with Crippen molar-refractivity contribution in [3.8, 4) is 0 Å². The fourth-order valence-electron chi connectivity index (χ4n) is 2.47. The highest BCUT2D eigenvalue weighted by Crippen LogP contribution is 2.53. The smallest absolute Gasteiger partial charge is 0.303 e. The number of hydrogen-bond donors (Lipinski definition) is 1. The zero-order chi connectivity index (χ0) is 14.4. The number of carboxylic acid groups (broad SMARTS) is 1. The summed E-state index contributed by atoms with van der Waals surface area (Å²) >= 11 is 0. The molecule has 3 heteroatoms. The van der Waals surface area contributed by atoms with Crippen molar-refractivity contribution in [2.45, 2.75) is 12.8 Å². The molecule has 2 nitrogen and oxygen atoms in total. The van der Waals surface area contributed by atoms with Crippen LogP contribution < -0.4 is 10.6 Å². The maximum atomic E-state index is 10.8. The van der Waals surface area contributed by atoms with Crippen LogP contribution in [-0.4, -0.2) is 23.9 Å². The zero-order valence-corrected chi connectivity index (χ0v) is 12.6. The number of hydrogen-bond acceptors (Lipinski definition) is 1. The minimum Gasteiger partial charge on any atom is -0.481 e. The van der Waals surface area contributed by atoms with Gasteiger partial charge in [0, 0.05) is 6.42 Å². The summed E-state index contributed by atoms with van der Waals surface area (Å²) in [4.78, 5) is 10.8. The third kappa shape index (κ3) is 3.46. The second-order valence-corrected chi connectivity index (χ2v) is 8.95. The van der Waals surface area contributed by atoms with Gasteiger partial charge in [-0.2, -0.15) is 0 Å². The van der Waals surface area contributed by atoms with Crippen LogP contribution in [0.5, 0.6) is 0 Å². The Hall–Kier alpha value is -1.66. The molecule has 0 aliphatic carbocycles. The van der Waals surface area contributed by atoms with E-state index in [2.05, 4.69) is 55.2 Å². The molecule has 0 aliphatic heterocycles. The quantitative estimate of drug-likeness (QED) is 0.829. The summed E-state index contributed by atoms with van der Waals surface area (Å²) in [6.45, 7) is 2.31. The molecule has 0 unspecified atom stereocenters. The topological polar surface area (TPSA) is 37.3 Å². The van der Waals surface area contributed by atoms with Gasteiger partial charge in [0.15, 0.2) is 0 Å². The Labute approximate surface area is 120 Å². The molecule has 0 bridgehead atoms. The van der Waals surface area contributed by atoms with Crippen molar-refractivity contribution < 1.29 is 9.90 Å². The molecular weight excluding hydrogens is 267 g/mol. The fourth-order valence-corrected chi connectivity index (χ4v) is 5.73. The highest BCUT2D eigenvalue weighted by Gasteiger charge is 2.36. The van der Waals surface area contributed by atoms with Gasteiger partial charge in [-0.15, -0.1) is 0 Å². The second kappa shape index (κ2) is 6.67. The first-order chi connectivity index (χ1) is 9.63. The lowest BCUT2D eigenvalue weighted by atomic mass is 10.3. The van der Waals surface area contributed by atoms with Crippen LogP contribution >= 0.6 is 7.26 Å². The lowest BCUT2D eigenvalue weighted by Gasteiger charge is -2.22. The molecule has 0 saturated carbocycles. The van der Waals surface area contributed by atoms with E-state index in [1.807, 2.05) is 12.1 Å². The maximum absolute atomic E-state index is 10.8. The number of rotatable bonds is 6. The van der Waals surface area contributed by atoms with Crippen molar-refractivity contribution >= 4 is 23.8 Å². The summed E-state index contributed by atoms with van der Waals surface area (Å²) in [6.07, 6.45) is 1.91. The summed E-state index contributed by atoms with van der Waals surface area (Å²) in [5, 5.41) is 11.6. The van der Waals surface area contributed by atoms with Gasteiger partial charge in [0.1, 0.15) is 0 Å². The molecule has 0 spiro atoms. The Balaban J connectivity index is 2.31. The van der Waals surface area contributed by atoms with Crippen LogP contribution in [0.4, 0.5) is 0 Å². The van der Waals surface area contributed by atoms with Gasteiger partial charge in [-0.3, -0.25) is 4.79 Å². The van der Waals surface area contributed by atoms with Gasteiger partial charge < -0.3 is 5.11 Å². The molecule has 2 rings (SSSR count). The van der Waals surface area contributed by atoms with E-state index in [9.17, 15) is 4.79 Å². The third-order valence-electron chi connectivity index (χ3n) is 3.65. The molecule has 0 atom stereocenters. The van der Waals surface area contributed by atoms with E-state index in [-0.39, 0.29) is 6.42 Å². The Kier molecular flexibility index (Phi) is 4.92. The fraction of sp³-hybridized carbons (Fsp3) is 0.235. The van der Waals surface area contributed by atoms with Gasteiger partial charge in [-0.25, -0.2) is 0 Å². The van der Waals surface area contributed by atoms with Crippen LogP contribution in [0.15, 0.2) is 60.7 Å². The van der Waals surface area contributed by atoms with Crippen molar-refractivity contribution in [2.24, 2.45) is 0 Å². The van der Waals surface area contributed by atoms with Crippen molar-refractivity contribution in [3.63, 3.8) is 0 Å². The van der Waals surface area contributed by atoms with Crippen molar-refractivity contribution in [1.29, 1.82) is 0 Å². The molecule has 0 fully saturated rings. The highest BCUT2D eigenvalue weighted by atomic mass is 31.2. The molecule has 104 valence electrons. The second-order valence-electron chi connectivity index (χ2n) is 5.08. The van der Waals surface area contributed by atoms with Crippen LogP contribution in [0.2, 0.25) is 0 Å². The van der Waals surface area contributed by atoms with E-state index in [0.29, 0.717) is 0 Å². The van der Waals surface area contributed by atoms with Crippen molar-refractivity contribution in [1.82, 2.24) is 0 Å². The van der Waals surface area contributed by atoms with E-state index in [0.717, 1.165) is 12.6 Å². The number of aliphatic carboxylic acids is 1. The molecule has 0 aliphatic rings. The molecular formula is C17H20O2P+. The molecule has 20 heavy (non-hydrogen) atoms. The lowest BCUT2D eigenvalue weighted by molar-refractivity contribution is -0.137. The first kappa shape index (κ1) is 14.7. The average molecular weight is 287 g/mol. The third-order valence-corrected chi connectivity index (χ3v) is 7.73. The predicted molar refractivity (Wildman–Crippen MR) is 86.7 cm³/mol. The number of carboxylic acids is 1. The van der Waals surface area contributed by atoms with E-state index in [1.54, 1.807) is 0 Å². The lowest BCUT2D eigenvalue weighted by Crippen LogP contribution is -2.24. The monoisotopic (exact) mass is 287 g/mol. The van der Waals surface area contributed by atoms with Gasteiger partial charge in [-0.1, -0.05) is 36.4 Å². The normalized spacial score (nSPS) is 11.2. The number of carbonyl (C=O) groups is 1. The van der Waals surface area contributed by atoms with E-state index in [1.165, 1.54) is 10.6 Å². The van der Waals surface area contributed by atoms with Gasteiger partial charge in [0.05, 0.1) is 30.7 Å². The van der Waals surface area contributed by atoms with E-state index >= 15 is 0 Å². The Morgan fingerprint density at radius 2 is 1.40 bits per heavy atom. The first-order valence-corrected chi connectivity index (χ1v) is 9.23. The van der Waals surface area contributed by atoms with E-state index in [4.69, 9.17) is 5.11 Å². The molecule has 0 heterocycles. The van der Waals surface area contributed by atoms with Gasteiger partial charge in [0.2, 0.25) is 0 Å². The average Bonchev–Trinajstić information content (AvgIpc) is 2.48. The number of benzene rings is 2. The largest absolute Gasteiger partial charge is 0.481 e. The summed E-state index contributed by atoms with van der Waals surface area (Å²) in [7, 11) is -1.49.